The van der Waals surface area contributed by atoms with E-state index in [1.165, 1.54) is 11.3 Å². The van der Waals surface area contributed by atoms with Crippen LogP contribution in [0.1, 0.15) is 5.69 Å². The van der Waals surface area contributed by atoms with Crippen LogP contribution in [0.4, 0.5) is 5.00 Å². The number of thiazole rings is 1. The van der Waals surface area contributed by atoms with Crippen molar-refractivity contribution in [1.82, 2.24) is 14.5 Å². The number of imidazole rings is 1. The number of anilines is 1. The lowest BCUT2D eigenvalue weighted by Crippen LogP contribution is -1.86. The molecule has 62 valence electrons. The van der Waals surface area contributed by atoms with Gasteiger partial charge < -0.3 is 5.73 Å². The van der Waals surface area contributed by atoms with E-state index in [1.807, 2.05) is 17.7 Å². The van der Waals surface area contributed by atoms with Crippen LogP contribution in [0.3, 0.4) is 0 Å². The number of nitrogen functional groups attached to an aromatic ring is 1. The molecular formula is C7H8N4S. The Morgan fingerprint density at radius 2 is 2.33 bits per heavy atom. The molecule has 12 heavy (non-hydrogen) atoms. The van der Waals surface area contributed by atoms with Crippen molar-refractivity contribution < 1.29 is 0 Å². The largest absolute Gasteiger partial charge is 0.389 e. The first-order chi connectivity index (χ1) is 5.75. The van der Waals surface area contributed by atoms with Crippen molar-refractivity contribution in [3.8, 4) is 5.13 Å². The Balaban J connectivity index is 2.43. The highest BCUT2D eigenvalue weighted by Crippen LogP contribution is 2.18. The van der Waals surface area contributed by atoms with Crippen LogP contribution in [-0.4, -0.2) is 14.5 Å². The summed E-state index contributed by atoms with van der Waals surface area (Å²) in [5, 5.41) is 1.57. The van der Waals surface area contributed by atoms with Crippen LogP contribution in [0.2, 0.25) is 0 Å². The summed E-state index contributed by atoms with van der Waals surface area (Å²) in [5.41, 5.74) is 6.52. The Morgan fingerprint density at radius 1 is 1.50 bits per heavy atom. The van der Waals surface area contributed by atoms with Crippen molar-refractivity contribution in [2.24, 2.45) is 0 Å². The van der Waals surface area contributed by atoms with Gasteiger partial charge in [-0.25, -0.2) is 9.97 Å². The SMILES string of the molecule is Cc1cn(-c2ncc(N)s2)cn1. The average Bonchev–Trinajstić information content (AvgIpc) is 2.58. The Hall–Kier alpha value is -1.36. The molecule has 2 aromatic heterocycles. The highest BCUT2D eigenvalue weighted by molar-refractivity contribution is 7.17. The number of hydrogen-bond acceptors (Lipinski definition) is 4. The van der Waals surface area contributed by atoms with E-state index >= 15 is 0 Å². The molecule has 2 N–H and O–H groups in total. The third-order valence-corrected chi connectivity index (χ3v) is 2.28. The predicted molar refractivity (Wildman–Crippen MR) is 48.4 cm³/mol. The van der Waals surface area contributed by atoms with Crippen LogP contribution in [0.25, 0.3) is 5.13 Å². The molecule has 0 aliphatic rings. The lowest BCUT2D eigenvalue weighted by molar-refractivity contribution is 1.03. The van der Waals surface area contributed by atoms with E-state index < -0.39 is 0 Å². The molecule has 2 aromatic rings. The molecule has 0 aliphatic carbocycles. The van der Waals surface area contributed by atoms with Crippen LogP contribution >= 0.6 is 11.3 Å². The van der Waals surface area contributed by atoms with Crippen LogP contribution in [0.15, 0.2) is 18.7 Å². The molecule has 0 saturated carbocycles. The Kier molecular flexibility index (Phi) is 1.58. The monoisotopic (exact) mass is 180 g/mol. The van der Waals surface area contributed by atoms with Gasteiger partial charge in [-0.15, -0.1) is 0 Å². The fraction of sp³-hybridized carbons (Fsp3) is 0.143. The smallest absolute Gasteiger partial charge is 0.196 e. The third kappa shape index (κ3) is 1.18. The highest BCUT2D eigenvalue weighted by Gasteiger charge is 2.01. The molecule has 0 fully saturated rings. The maximum absolute atomic E-state index is 5.55. The summed E-state index contributed by atoms with van der Waals surface area (Å²) in [7, 11) is 0. The van der Waals surface area contributed by atoms with Crippen molar-refractivity contribution in [3.63, 3.8) is 0 Å². The Labute approximate surface area is 73.7 Å². The van der Waals surface area contributed by atoms with E-state index in [0.717, 1.165) is 15.8 Å². The number of hydrogen-bond donors (Lipinski definition) is 1. The molecule has 0 unspecified atom stereocenters. The van der Waals surface area contributed by atoms with Crippen LogP contribution in [-0.2, 0) is 0 Å². The van der Waals surface area contributed by atoms with Crippen LogP contribution in [0.5, 0.6) is 0 Å². The summed E-state index contributed by atoms with van der Waals surface area (Å²) >= 11 is 1.44. The molecule has 0 spiro atoms. The van der Waals surface area contributed by atoms with E-state index in [4.69, 9.17) is 5.73 Å². The van der Waals surface area contributed by atoms with Crippen molar-refractivity contribution in [3.05, 3.63) is 24.4 Å². The minimum absolute atomic E-state index is 0.719. The fourth-order valence-electron chi connectivity index (χ4n) is 0.922. The van der Waals surface area contributed by atoms with Crippen LogP contribution < -0.4 is 5.73 Å². The van der Waals surface area contributed by atoms with Gasteiger partial charge in [0, 0.05) is 6.20 Å². The van der Waals surface area contributed by atoms with Gasteiger partial charge in [-0.1, -0.05) is 11.3 Å². The van der Waals surface area contributed by atoms with Crippen molar-refractivity contribution in [2.45, 2.75) is 6.92 Å². The zero-order valence-electron chi connectivity index (χ0n) is 6.56. The van der Waals surface area contributed by atoms with E-state index in [1.54, 1.807) is 12.5 Å². The summed E-state index contributed by atoms with van der Waals surface area (Å²) in [6.07, 6.45) is 5.29. The van der Waals surface area contributed by atoms with E-state index in [0.29, 0.717) is 0 Å². The summed E-state index contributed by atoms with van der Waals surface area (Å²) in [4.78, 5) is 8.21. The van der Waals surface area contributed by atoms with Gasteiger partial charge in [0.05, 0.1) is 11.9 Å². The van der Waals surface area contributed by atoms with E-state index in [9.17, 15) is 0 Å². The molecule has 0 radical (unpaired) electrons. The quantitative estimate of drug-likeness (QED) is 0.717. The summed E-state index contributed by atoms with van der Waals surface area (Å²) in [6, 6.07) is 0. The fourth-order valence-corrected chi connectivity index (χ4v) is 1.55. The minimum atomic E-state index is 0.719. The zero-order chi connectivity index (χ0) is 8.55. The molecule has 0 bridgehead atoms. The first-order valence-electron chi connectivity index (χ1n) is 3.48. The van der Waals surface area contributed by atoms with Crippen molar-refractivity contribution in [1.29, 1.82) is 0 Å². The van der Waals surface area contributed by atoms with Gasteiger partial charge in [-0.2, -0.15) is 0 Å². The summed E-state index contributed by atoms with van der Waals surface area (Å²) in [5.74, 6) is 0. The van der Waals surface area contributed by atoms with E-state index in [2.05, 4.69) is 9.97 Å². The van der Waals surface area contributed by atoms with Gasteiger partial charge in [0.25, 0.3) is 0 Å². The van der Waals surface area contributed by atoms with Gasteiger partial charge in [-0.05, 0) is 6.92 Å². The van der Waals surface area contributed by atoms with Gasteiger partial charge in [-0.3, -0.25) is 4.57 Å². The van der Waals surface area contributed by atoms with Gasteiger partial charge in [0.2, 0.25) is 0 Å². The Bertz CT molecular complexity index is 351. The maximum atomic E-state index is 5.55. The predicted octanol–water partition coefficient (Wildman–Crippen LogP) is 1.22. The van der Waals surface area contributed by atoms with Gasteiger partial charge in [0.15, 0.2) is 5.13 Å². The van der Waals surface area contributed by atoms with Crippen molar-refractivity contribution in [2.75, 3.05) is 5.73 Å². The third-order valence-electron chi connectivity index (χ3n) is 1.44. The van der Waals surface area contributed by atoms with E-state index in [-0.39, 0.29) is 0 Å². The van der Waals surface area contributed by atoms with Crippen molar-refractivity contribution >= 4 is 16.3 Å². The second kappa shape index (κ2) is 2.60. The zero-order valence-corrected chi connectivity index (χ0v) is 7.38. The number of rotatable bonds is 1. The molecule has 5 heteroatoms. The molecule has 0 saturated heterocycles. The molecule has 0 atom stereocenters. The molecular weight excluding hydrogens is 172 g/mol. The molecule has 0 aliphatic heterocycles. The topological polar surface area (TPSA) is 56.7 Å². The number of nitrogens with two attached hydrogens (primary N) is 1. The standard InChI is InChI=1S/C7H8N4S/c1-5-3-11(4-10-5)7-9-2-6(8)12-7/h2-4H,8H2,1H3. The number of aromatic nitrogens is 3. The van der Waals surface area contributed by atoms with Gasteiger partial charge >= 0.3 is 0 Å². The second-order valence-electron chi connectivity index (χ2n) is 2.47. The molecule has 2 rings (SSSR count). The highest BCUT2D eigenvalue weighted by atomic mass is 32.1. The number of nitrogens with zero attached hydrogens (tertiary/aromatic N) is 3. The molecule has 0 aromatic carbocycles. The lowest BCUT2D eigenvalue weighted by atomic mass is 10.6. The molecule has 4 nitrogen and oxygen atoms in total. The average molecular weight is 180 g/mol. The summed E-state index contributed by atoms with van der Waals surface area (Å²) in [6.45, 7) is 1.94. The lowest BCUT2D eigenvalue weighted by Gasteiger charge is -1.91. The first-order valence-corrected chi connectivity index (χ1v) is 4.29. The molecule has 2 heterocycles. The maximum Gasteiger partial charge on any atom is 0.196 e. The Morgan fingerprint density at radius 3 is 2.83 bits per heavy atom. The first kappa shape index (κ1) is 7.30. The normalized spacial score (nSPS) is 10.4. The molecule has 0 amide bonds. The number of aryl methyl sites for hydroxylation is 1. The van der Waals surface area contributed by atoms with Crippen LogP contribution in [0, 0.1) is 6.92 Å². The van der Waals surface area contributed by atoms with Gasteiger partial charge in [0.1, 0.15) is 11.3 Å². The second-order valence-corrected chi connectivity index (χ2v) is 3.51. The summed E-state index contributed by atoms with van der Waals surface area (Å²) < 4.78 is 1.86. The minimum Gasteiger partial charge on any atom is -0.389 e.